The normalized spacial score (nSPS) is 17.9. The van der Waals surface area contributed by atoms with Crippen LogP contribution in [-0.2, 0) is 11.3 Å². The minimum atomic E-state index is -0.522. The van der Waals surface area contributed by atoms with E-state index in [-0.39, 0.29) is 0 Å². The van der Waals surface area contributed by atoms with E-state index in [1.165, 1.54) is 17.5 Å². The average Bonchev–Trinajstić information content (AvgIpc) is 3.03. The van der Waals surface area contributed by atoms with E-state index in [1.807, 2.05) is 45.2 Å². The smallest absolute Gasteiger partial charge is 0.413 e. The molecular formula is C21H27N3O2. The van der Waals surface area contributed by atoms with Gasteiger partial charge in [0.15, 0.2) is 0 Å². The monoisotopic (exact) mass is 353 g/mol. The van der Waals surface area contributed by atoms with Gasteiger partial charge in [-0.05, 0) is 57.4 Å². The molecule has 0 bridgehead atoms. The highest BCUT2D eigenvalue weighted by Crippen LogP contribution is 2.33. The topological polar surface area (TPSA) is 54.5 Å². The van der Waals surface area contributed by atoms with Gasteiger partial charge in [-0.25, -0.2) is 9.78 Å². The Kier molecular flexibility index (Phi) is 5.57. The number of aromatic nitrogens is 1. The van der Waals surface area contributed by atoms with Gasteiger partial charge in [0.1, 0.15) is 11.4 Å². The second kappa shape index (κ2) is 7.87. The molecule has 3 rings (SSSR count). The standard InChI is InChI=1S/C21H27N3O2/c1-21(2,3)26-20(25)23-19-12-11-17(14-22-19)18-10-7-13-24(18)15-16-8-5-4-6-9-16/h4-6,8-9,11-12,14,18H,7,10,13,15H2,1-3H3,(H,22,23,25). The van der Waals surface area contributed by atoms with Gasteiger partial charge in [-0.2, -0.15) is 0 Å². The van der Waals surface area contributed by atoms with Crippen LogP contribution in [-0.4, -0.2) is 28.1 Å². The van der Waals surface area contributed by atoms with Crippen molar-refractivity contribution in [1.29, 1.82) is 0 Å². The van der Waals surface area contributed by atoms with E-state index >= 15 is 0 Å². The molecule has 1 unspecified atom stereocenters. The molecule has 138 valence electrons. The van der Waals surface area contributed by atoms with Gasteiger partial charge in [0.05, 0.1) is 0 Å². The van der Waals surface area contributed by atoms with Crippen LogP contribution in [0.25, 0.3) is 0 Å². The minimum absolute atomic E-state index is 0.373. The highest BCUT2D eigenvalue weighted by Gasteiger charge is 2.26. The van der Waals surface area contributed by atoms with Crippen LogP contribution < -0.4 is 5.32 Å². The number of hydrogen-bond donors (Lipinski definition) is 1. The number of ether oxygens (including phenoxy) is 1. The van der Waals surface area contributed by atoms with Gasteiger partial charge in [-0.3, -0.25) is 10.2 Å². The molecule has 0 aliphatic carbocycles. The number of carbonyl (C=O) groups is 1. The Morgan fingerprint density at radius 2 is 2.00 bits per heavy atom. The molecule has 5 heteroatoms. The zero-order valence-corrected chi connectivity index (χ0v) is 15.7. The fourth-order valence-electron chi connectivity index (χ4n) is 3.30. The Hall–Kier alpha value is -2.40. The molecule has 1 atom stereocenters. The third-order valence-corrected chi connectivity index (χ3v) is 4.39. The van der Waals surface area contributed by atoms with Crippen molar-refractivity contribution in [2.75, 3.05) is 11.9 Å². The summed E-state index contributed by atoms with van der Waals surface area (Å²) >= 11 is 0. The average molecular weight is 353 g/mol. The molecule has 1 aromatic heterocycles. The van der Waals surface area contributed by atoms with Gasteiger partial charge in [0.25, 0.3) is 0 Å². The van der Waals surface area contributed by atoms with Crippen LogP contribution in [0.5, 0.6) is 0 Å². The fraction of sp³-hybridized carbons (Fsp3) is 0.429. The summed E-state index contributed by atoms with van der Waals surface area (Å²) in [6.45, 7) is 7.56. The second-order valence-electron chi connectivity index (χ2n) is 7.72. The molecule has 1 aliphatic heterocycles. The number of nitrogens with one attached hydrogen (secondary N) is 1. The molecule has 1 amide bonds. The molecule has 0 radical (unpaired) electrons. The summed E-state index contributed by atoms with van der Waals surface area (Å²) in [7, 11) is 0. The first-order chi connectivity index (χ1) is 12.4. The molecule has 1 N–H and O–H groups in total. The van der Waals surface area contributed by atoms with Crippen molar-refractivity contribution in [3.8, 4) is 0 Å². The predicted octanol–water partition coefficient (Wildman–Crippen LogP) is 4.77. The third kappa shape index (κ3) is 5.05. The number of benzene rings is 1. The number of pyridine rings is 1. The summed E-state index contributed by atoms with van der Waals surface area (Å²) in [6, 6.07) is 14.8. The van der Waals surface area contributed by atoms with Crippen molar-refractivity contribution in [3.05, 3.63) is 59.8 Å². The summed E-state index contributed by atoms with van der Waals surface area (Å²) in [5.41, 5.74) is 2.00. The van der Waals surface area contributed by atoms with Crippen LogP contribution in [0, 0.1) is 0 Å². The van der Waals surface area contributed by atoms with E-state index in [0.717, 1.165) is 19.5 Å². The molecular weight excluding hydrogens is 326 g/mol. The molecule has 1 aromatic carbocycles. The number of rotatable bonds is 4. The number of nitrogens with zero attached hydrogens (tertiary/aromatic N) is 2. The number of carbonyl (C=O) groups excluding carboxylic acids is 1. The van der Waals surface area contributed by atoms with E-state index in [1.54, 1.807) is 0 Å². The first-order valence-corrected chi connectivity index (χ1v) is 9.15. The van der Waals surface area contributed by atoms with Gasteiger partial charge < -0.3 is 4.74 Å². The molecule has 2 heterocycles. The van der Waals surface area contributed by atoms with Crippen molar-refractivity contribution in [2.45, 2.75) is 51.8 Å². The summed E-state index contributed by atoms with van der Waals surface area (Å²) in [4.78, 5) is 18.7. The lowest BCUT2D eigenvalue weighted by molar-refractivity contribution is 0.0635. The summed E-state index contributed by atoms with van der Waals surface area (Å²) in [5.74, 6) is 0.510. The molecule has 2 aromatic rings. The molecule has 0 spiro atoms. The predicted molar refractivity (Wildman–Crippen MR) is 103 cm³/mol. The highest BCUT2D eigenvalue weighted by molar-refractivity contribution is 5.83. The molecule has 5 nitrogen and oxygen atoms in total. The molecule has 1 fully saturated rings. The van der Waals surface area contributed by atoms with Crippen molar-refractivity contribution in [3.63, 3.8) is 0 Å². The Balaban J connectivity index is 1.63. The highest BCUT2D eigenvalue weighted by atomic mass is 16.6. The zero-order valence-electron chi connectivity index (χ0n) is 15.7. The Morgan fingerprint density at radius 3 is 2.65 bits per heavy atom. The lowest BCUT2D eigenvalue weighted by atomic mass is 10.1. The number of hydrogen-bond acceptors (Lipinski definition) is 4. The molecule has 0 saturated carbocycles. The van der Waals surface area contributed by atoms with E-state index in [0.29, 0.717) is 11.9 Å². The van der Waals surface area contributed by atoms with Crippen LogP contribution in [0.3, 0.4) is 0 Å². The van der Waals surface area contributed by atoms with Crippen LogP contribution in [0.15, 0.2) is 48.7 Å². The van der Waals surface area contributed by atoms with E-state index in [9.17, 15) is 4.79 Å². The van der Waals surface area contributed by atoms with E-state index in [2.05, 4.69) is 39.5 Å². The zero-order chi connectivity index (χ0) is 18.6. The maximum Gasteiger partial charge on any atom is 0.413 e. The summed E-state index contributed by atoms with van der Waals surface area (Å²) < 4.78 is 5.26. The van der Waals surface area contributed by atoms with Crippen LogP contribution in [0.2, 0.25) is 0 Å². The van der Waals surface area contributed by atoms with Gasteiger partial charge in [-0.1, -0.05) is 36.4 Å². The van der Waals surface area contributed by atoms with E-state index in [4.69, 9.17) is 4.74 Å². The van der Waals surface area contributed by atoms with Crippen LogP contribution in [0.1, 0.15) is 50.8 Å². The maximum absolute atomic E-state index is 11.8. The third-order valence-electron chi connectivity index (χ3n) is 4.39. The van der Waals surface area contributed by atoms with Gasteiger partial charge >= 0.3 is 6.09 Å². The SMILES string of the molecule is CC(C)(C)OC(=O)Nc1ccc(C2CCCN2Cc2ccccc2)cn1. The van der Waals surface area contributed by atoms with Crippen LogP contribution >= 0.6 is 0 Å². The minimum Gasteiger partial charge on any atom is -0.444 e. The summed E-state index contributed by atoms with van der Waals surface area (Å²) in [6.07, 6.45) is 3.70. The van der Waals surface area contributed by atoms with Gasteiger partial charge in [-0.15, -0.1) is 0 Å². The Morgan fingerprint density at radius 1 is 1.23 bits per heavy atom. The van der Waals surface area contributed by atoms with Crippen molar-refractivity contribution in [1.82, 2.24) is 9.88 Å². The molecule has 1 aliphatic rings. The summed E-state index contributed by atoms with van der Waals surface area (Å²) in [5, 5.41) is 2.68. The largest absolute Gasteiger partial charge is 0.444 e. The van der Waals surface area contributed by atoms with E-state index < -0.39 is 11.7 Å². The van der Waals surface area contributed by atoms with Gasteiger partial charge in [0, 0.05) is 18.8 Å². The number of amides is 1. The number of anilines is 1. The molecule has 1 saturated heterocycles. The second-order valence-corrected chi connectivity index (χ2v) is 7.72. The van der Waals surface area contributed by atoms with Gasteiger partial charge in [0.2, 0.25) is 0 Å². The van der Waals surface area contributed by atoms with Crippen molar-refractivity contribution in [2.24, 2.45) is 0 Å². The maximum atomic E-state index is 11.8. The lowest BCUT2D eigenvalue weighted by Crippen LogP contribution is -2.27. The molecule has 26 heavy (non-hydrogen) atoms. The first-order valence-electron chi connectivity index (χ1n) is 9.15. The Labute approximate surface area is 155 Å². The lowest BCUT2D eigenvalue weighted by Gasteiger charge is -2.25. The van der Waals surface area contributed by atoms with Crippen molar-refractivity contribution >= 4 is 11.9 Å². The fourth-order valence-corrected chi connectivity index (χ4v) is 3.30. The van der Waals surface area contributed by atoms with Crippen molar-refractivity contribution < 1.29 is 9.53 Å². The number of likely N-dealkylation sites (tertiary alicyclic amines) is 1. The van der Waals surface area contributed by atoms with Crippen LogP contribution in [0.4, 0.5) is 10.6 Å². The Bertz CT molecular complexity index is 723. The first kappa shape index (κ1) is 18.4. The quantitative estimate of drug-likeness (QED) is 0.860.